The Morgan fingerprint density at radius 2 is 2.05 bits per heavy atom. The van der Waals surface area contributed by atoms with Gasteiger partial charge in [-0.3, -0.25) is 9.69 Å². The van der Waals surface area contributed by atoms with Crippen LogP contribution in [0.25, 0.3) is 0 Å². The first-order valence-electron chi connectivity index (χ1n) is 7.48. The number of hydrogen-bond donors (Lipinski definition) is 2. The van der Waals surface area contributed by atoms with Gasteiger partial charge in [-0.05, 0) is 44.5 Å². The Morgan fingerprint density at radius 1 is 1.38 bits per heavy atom. The highest BCUT2D eigenvalue weighted by molar-refractivity contribution is 5.91. The maximum absolute atomic E-state index is 12.1. The molecule has 2 atom stereocenters. The lowest BCUT2D eigenvalue weighted by molar-refractivity contribution is -0.117. The van der Waals surface area contributed by atoms with Gasteiger partial charge < -0.3 is 15.8 Å². The molecule has 1 aliphatic heterocycles. The Morgan fingerprint density at radius 3 is 2.67 bits per heavy atom. The van der Waals surface area contributed by atoms with Crippen molar-refractivity contribution in [3.63, 3.8) is 0 Å². The van der Waals surface area contributed by atoms with E-state index in [4.69, 9.17) is 10.5 Å². The fourth-order valence-corrected chi connectivity index (χ4v) is 2.77. The zero-order valence-corrected chi connectivity index (χ0v) is 13.1. The SMILES string of the molecule is Cc1cc(N)ccc1NC(=O)CCN1CC(C)OC(C)C1. The highest BCUT2D eigenvalue weighted by Gasteiger charge is 2.22. The number of nitrogen functional groups attached to an aromatic ring is 1. The molecular formula is C16H25N3O2. The summed E-state index contributed by atoms with van der Waals surface area (Å²) in [7, 11) is 0. The van der Waals surface area contributed by atoms with Gasteiger partial charge in [-0.25, -0.2) is 0 Å². The lowest BCUT2D eigenvalue weighted by Crippen LogP contribution is -2.46. The monoisotopic (exact) mass is 291 g/mol. The summed E-state index contributed by atoms with van der Waals surface area (Å²) in [6.07, 6.45) is 0.954. The van der Waals surface area contributed by atoms with Crippen molar-refractivity contribution in [3.05, 3.63) is 23.8 Å². The van der Waals surface area contributed by atoms with Crippen LogP contribution in [-0.2, 0) is 9.53 Å². The van der Waals surface area contributed by atoms with Gasteiger partial charge in [0.05, 0.1) is 12.2 Å². The fourth-order valence-electron chi connectivity index (χ4n) is 2.77. The highest BCUT2D eigenvalue weighted by Crippen LogP contribution is 2.18. The zero-order chi connectivity index (χ0) is 15.4. The van der Waals surface area contributed by atoms with Gasteiger partial charge in [-0.2, -0.15) is 0 Å². The molecule has 1 aromatic rings. The molecule has 2 rings (SSSR count). The number of nitrogens with one attached hydrogen (secondary N) is 1. The van der Waals surface area contributed by atoms with Crippen molar-refractivity contribution in [2.24, 2.45) is 0 Å². The van der Waals surface area contributed by atoms with Gasteiger partial charge in [-0.15, -0.1) is 0 Å². The molecule has 116 valence electrons. The van der Waals surface area contributed by atoms with Gasteiger partial charge >= 0.3 is 0 Å². The number of nitrogens with two attached hydrogens (primary N) is 1. The lowest BCUT2D eigenvalue weighted by atomic mass is 10.1. The smallest absolute Gasteiger partial charge is 0.225 e. The standard InChI is InChI=1S/C16H25N3O2/c1-11-8-14(17)4-5-15(11)18-16(20)6-7-19-9-12(2)21-13(3)10-19/h4-5,8,12-13H,6-7,9-10,17H2,1-3H3,(H,18,20). The first-order chi connectivity index (χ1) is 9.94. The average Bonchev–Trinajstić information content (AvgIpc) is 2.39. The van der Waals surface area contributed by atoms with E-state index in [1.807, 2.05) is 19.1 Å². The molecule has 1 aromatic carbocycles. The number of carbonyl (C=O) groups excluding carboxylic acids is 1. The van der Waals surface area contributed by atoms with E-state index in [9.17, 15) is 4.79 Å². The number of benzene rings is 1. The molecule has 0 radical (unpaired) electrons. The van der Waals surface area contributed by atoms with Crippen molar-refractivity contribution in [3.8, 4) is 0 Å². The second-order valence-electron chi connectivity index (χ2n) is 5.89. The summed E-state index contributed by atoms with van der Waals surface area (Å²) in [5.41, 5.74) is 8.23. The van der Waals surface area contributed by atoms with E-state index in [1.165, 1.54) is 0 Å². The van der Waals surface area contributed by atoms with E-state index in [2.05, 4.69) is 24.1 Å². The van der Waals surface area contributed by atoms with Crippen molar-refractivity contribution >= 4 is 17.3 Å². The summed E-state index contributed by atoms with van der Waals surface area (Å²) in [5.74, 6) is 0.0367. The number of aryl methyl sites for hydroxylation is 1. The van der Waals surface area contributed by atoms with E-state index in [0.29, 0.717) is 12.1 Å². The molecular weight excluding hydrogens is 266 g/mol. The Kier molecular flexibility index (Phi) is 5.20. The summed E-state index contributed by atoms with van der Waals surface area (Å²) in [6.45, 7) is 8.62. The van der Waals surface area contributed by atoms with Gasteiger partial charge in [0.1, 0.15) is 0 Å². The predicted octanol–water partition coefficient (Wildman–Crippen LogP) is 2.02. The molecule has 21 heavy (non-hydrogen) atoms. The van der Waals surface area contributed by atoms with Crippen LogP contribution in [0.4, 0.5) is 11.4 Å². The summed E-state index contributed by atoms with van der Waals surface area (Å²) in [5, 5.41) is 2.95. The minimum atomic E-state index is 0.0367. The minimum Gasteiger partial charge on any atom is -0.399 e. The largest absolute Gasteiger partial charge is 0.399 e. The summed E-state index contributed by atoms with van der Waals surface area (Å²) < 4.78 is 5.69. The molecule has 0 spiro atoms. The van der Waals surface area contributed by atoms with E-state index in [1.54, 1.807) is 6.07 Å². The Labute approximate surface area is 126 Å². The van der Waals surface area contributed by atoms with Crippen LogP contribution in [0.15, 0.2) is 18.2 Å². The van der Waals surface area contributed by atoms with Crippen molar-refractivity contribution < 1.29 is 9.53 Å². The van der Waals surface area contributed by atoms with Crippen LogP contribution in [0, 0.1) is 6.92 Å². The lowest BCUT2D eigenvalue weighted by Gasteiger charge is -2.35. The first kappa shape index (κ1) is 15.8. The molecule has 1 saturated heterocycles. The molecule has 1 fully saturated rings. The second-order valence-corrected chi connectivity index (χ2v) is 5.89. The fraction of sp³-hybridized carbons (Fsp3) is 0.562. The first-order valence-corrected chi connectivity index (χ1v) is 7.48. The molecule has 1 amide bonds. The number of ether oxygens (including phenoxy) is 1. The zero-order valence-electron chi connectivity index (χ0n) is 13.1. The van der Waals surface area contributed by atoms with E-state index >= 15 is 0 Å². The van der Waals surface area contributed by atoms with Crippen LogP contribution in [0.3, 0.4) is 0 Å². The van der Waals surface area contributed by atoms with Crippen molar-refractivity contribution in [2.75, 3.05) is 30.7 Å². The third-order valence-corrected chi connectivity index (χ3v) is 3.67. The molecule has 3 N–H and O–H groups in total. The maximum Gasteiger partial charge on any atom is 0.225 e. The minimum absolute atomic E-state index is 0.0367. The number of amides is 1. The number of morpholine rings is 1. The molecule has 0 aromatic heterocycles. The molecule has 5 heteroatoms. The van der Waals surface area contributed by atoms with Gasteiger partial charge in [0.15, 0.2) is 0 Å². The molecule has 5 nitrogen and oxygen atoms in total. The number of anilines is 2. The number of rotatable bonds is 4. The van der Waals surface area contributed by atoms with Crippen LogP contribution < -0.4 is 11.1 Å². The maximum atomic E-state index is 12.1. The van der Waals surface area contributed by atoms with Gasteiger partial charge in [0.25, 0.3) is 0 Å². The quantitative estimate of drug-likeness (QED) is 0.833. The predicted molar refractivity (Wildman–Crippen MR) is 85.3 cm³/mol. The normalized spacial score (nSPS) is 23.0. The van der Waals surface area contributed by atoms with Gasteiger partial charge in [0, 0.05) is 37.4 Å². The highest BCUT2D eigenvalue weighted by atomic mass is 16.5. The van der Waals surface area contributed by atoms with Gasteiger partial charge in [-0.1, -0.05) is 0 Å². The summed E-state index contributed by atoms with van der Waals surface area (Å²) in [4.78, 5) is 14.3. The Bertz CT molecular complexity index is 494. The van der Waals surface area contributed by atoms with E-state index < -0.39 is 0 Å². The molecule has 0 saturated carbocycles. The van der Waals surface area contributed by atoms with Gasteiger partial charge in [0.2, 0.25) is 5.91 Å². The molecule has 0 aliphatic carbocycles. The van der Waals surface area contributed by atoms with Crippen molar-refractivity contribution in [2.45, 2.75) is 39.4 Å². The van der Waals surface area contributed by atoms with E-state index in [-0.39, 0.29) is 18.1 Å². The Hall–Kier alpha value is -1.59. The van der Waals surface area contributed by atoms with Crippen LogP contribution in [-0.4, -0.2) is 42.6 Å². The topological polar surface area (TPSA) is 67.6 Å². The van der Waals surface area contributed by atoms with Crippen molar-refractivity contribution in [1.82, 2.24) is 4.90 Å². The molecule has 2 unspecified atom stereocenters. The van der Waals surface area contributed by atoms with E-state index in [0.717, 1.165) is 30.9 Å². The number of carbonyl (C=O) groups is 1. The summed E-state index contributed by atoms with van der Waals surface area (Å²) >= 11 is 0. The van der Waals surface area contributed by atoms with Crippen LogP contribution >= 0.6 is 0 Å². The molecule has 1 heterocycles. The Balaban J connectivity index is 1.82. The summed E-state index contributed by atoms with van der Waals surface area (Å²) in [6, 6.07) is 5.51. The molecule has 0 bridgehead atoms. The number of nitrogens with zero attached hydrogens (tertiary/aromatic N) is 1. The van der Waals surface area contributed by atoms with Crippen LogP contribution in [0.5, 0.6) is 0 Å². The van der Waals surface area contributed by atoms with Crippen LogP contribution in [0.1, 0.15) is 25.8 Å². The number of hydrogen-bond acceptors (Lipinski definition) is 4. The molecule has 1 aliphatic rings. The second kappa shape index (κ2) is 6.91. The third kappa shape index (κ3) is 4.72. The van der Waals surface area contributed by atoms with Crippen molar-refractivity contribution in [1.29, 1.82) is 0 Å². The van der Waals surface area contributed by atoms with Crippen LogP contribution in [0.2, 0.25) is 0 Å². The third-order valence-electron chi connectivity index (χ3n) is 3.67. The average molecular weight is 291 g/mol.